The minimum absolute atomic E-state index is 0.0217. The number of carbonyl (C=O) groups is 1. The van der Waals surface area contributed by atoms with E-state index in [2.05, 4.69) is 28.6 Å². The molecule has 3 heterocycles. The minimum Gasteiger partial charge on any atom is -0.342 e. The summed E-state index contributed by atoms with van der Waals surface area (Å²) in [4.78, 5) is 14.7. The van der Waals surface area contributed by atoms with Crippen LogP contribution in [0.25, 0.3) is 0 Å². The van der Waals surface area contributed by atoms with Crippen LogP contribution >= 0.6 is 0 Å². The lowest BCUT2D eigenvalue weighted by Crippen LogP contribution is -2.47. The van der Waals surface area contributed by atoms with Crippen LogP contribution in [-0.4, -0.2) is 44.7 Å². The van der Waals surface area contributed by atoms with Crippen molar-refractivity contribution in [3.05, 3.63) is 46.8 Å². The Bertz CT molecular complexity index is 976. The van der Waals surface area contributed by atoms with Gasteiger partial charge in [-0.15, -0.1) is 10.2 Å². The second-order valence-electron chi connectivity index (χ2n) is 9.02. The van der Waals surface area contributed by atoms with Crippen molar-refractivity contribution in [1.29, 1.82) is 0 Å². The highest BCUT2D eigenvalue weighted by molar-refractivity contribution is 5.77. The standard InChI is InChI=1S/C22H28F3N5O/c1-12(2)22-28-27-20-4-3-13-11-29(6-5-19(13)30(20)22)21(31)9-15(26)7-14-8-17(24)18(25)10-16(14)23/h8,10,12-13,15,19H,3-7,9,11,26H2,1-2H3/t13-,15+,19+/m0/s1. The van der Waals surface area contributed by atoms with Crippen molar-refractivity contribution in [2.24, 2.45) is 11.7 Å². The first-order chi connectivity index (χ1) is 14.7. The number of rotatable bonds is 5. The predicted molar refractivity (Wildman–Crippen MR) is 109 cm³/mol. The Labute approximate surface area is 179 Å². The van der Waals surface area contributed by atoms with Crippen LogP contribution in [0.3, 0.4) is 0 Å². The molecule has 1 aromatic heterocycles. The normalized spacial score (nSPS) is 21.7. The fourth-order valence-electron chi connectivity index (χ4n) is 4.88. The summed E-state index contributed by atoms with van der Waals surface area (Å²) in [5.41, 5.74) is 6.03. The second kappa shape index (κ2) is 8.61. The Morgan fingerprint density at radius 3 is 2.65 bits per heavy atom. The van der Waals surface area contributed by atoms with Gasteiger partial charge in [-0.3, -0.25) is 4.79 Å². The summed E-state index contributed by atoms with van der Waals surface area (Å²) < 4.78 is 42.7. The van der Waals surface area contributed by atoms with E-state index in [0.29, 0.717) is 31.1 Å². The zero-order valence-electron chi connectivity index (χ0n) is 17.8. The number of nitrogens with zero attached hydrogens (tertiary/aromatic N) is 4. The average Bonchev–Trinajstić information content (AvgIpc) is 3.16. The molecule has 2 aliphatic rings. The number of fused-ring (bicyclic) bond motifs is 3. The molecule has 0 spiro atoms. The van der Waals surface area contributed by atoms with E-state index in [-0.39, 0.29) is 30.2 Å². The summed E-state index contributed by atoms with van der Waals surface area (Å²) in [6.45, 7) is 5.47. The number of aryl methyl sites for hydroxylation is 1. The molecular weight excluding hydrogens is 407 g/mol. The highest BCUT2D eigenvalue weighted by atomic mass is 19.2. The molecule has 168 valence electrons. The van der Waals surface area contributed by atoms with E-state index >= 15 is 0 Å². The maximum Gasteiger partial charge on any atom is 0.224 e. The fourth-order valence-corrected chi connectivity index (χ4v) is 4.88. The minimum atomic E-state index is -1.24. The third kappa shape index (κ3) is 4.33. The van der Waals surface area contributed by atoms with E-state index < -0.39 is 23.5 Å². The van der Waals surface area contributed by atoms with E-state index in [1.54, 1.807) is 0 Å². The van der Waals surface area contributed by atoms with Crippen molar-refractivity contribution < 1.29 is 18.0 Å². The lowest BCUT2D eigenvalue weighted by molar-refractivity contribution is -0.134. The molecule has 0 aliphatic carbocycles. The number of benzene rings is 1. The summed E-state index contributed by atoms with van der Waals surface area (Å²) in [5, 5.41) is 8.73. The van der Waals surface area contributed by atoms with Crippen LogP contribution in [-0.2, 0) is 17.6 Å². The first-order valence-electron chi connectivity index (χ1n) is 10.8. The molecule has 2 N–H and O–H groups in total. The van der Waals surface area contributed by atoms with Crippen LogP contribution in [0.5, 0.6) is 0 Å². The average molecular weight is 435 g/mol. The molecular formula is C22H28F3N5O. The Balaban J connectivity index is 1.38. The maximum absolute atomic E-state index is 13.9. The van der Waals surface area contributed by atoms with Crippen LogP contribution in [0, 0.1) is 23.4 Å². The highest BCUT2D eigenvalue weighted by Crippen LogP contribution is 2.38. The van der Waals surface area contributed by atoms with Gasteiger partial charge in [-0.2, -0.15) is 0 Å². The third-order valence-electron chi connectivity index (χ3n) is 6.43. The molecule has 9 heteroatoms. The van der Waals surface area contributed by atoms with Gasteiger partial charge in [0.25, 0.3) is 0 Å². The number of aromatic nitrogens is 3. The van der Waals surface area contributed by atoms with Gasteiger partial charge in [-0.05, 0) is 36.8 Å². The van der Waals surface area contributed by atoms with Crippen LogP contribution in [0.15, 0.2) is 12.1 Å². The van der Waals surface area contributed by atoms with E-state index in [1.165, 1.54) is 0 Å². The van der Waals surface area contributed by atoms with Gasteiger partial charge >= 0.3 is 0 Å². The molecule has 1 saturated heterocycles. The molecule has 1 fully saturated rings. The summed E-state index contributed by atoms with van der Waals surface area (Å²) >= 11 is 0. The van der Waals surface area contributed by atoms with E-state index in [0.717, 1.165) is 37.0 Å². The van der Waals surface area contributed by atoms with Crippen LogP contribution in [0.4, 0.5) is 13.2 Å². The topological polar surface area (TPSA) is 77.0 Å². The van der Waals surface area contributed by atoms with Crippen LogP contribution in [0.2, 0.25) is 0 Å². The van der Waals surface area contributed by atoms with Gasteiger partial charge < -0.3 is 15.2 Å². The first-order valence-corrected chi connectivity index (χ1v) is 10.8. The molecule has 0 bridgehead atoms. The van der Waals surface area contributed by atoms with Gasteiger partial charge in [0.1, 0.15) is 17.5 Å². The van der Waals surface area contributed by atoms with Crippen molar-refractivity contribution in [3.63, 3.8) is 0 Å². The molecule has 1 aromatic carbocycles. The van der Waals surface area contributed by atoms with Crippen molar-refractivity contribution in [2.75, 3.05) is 13.1 Å². The van der Waals surface area contributed by atoms with E-state index in [9.17, 15) is 18.0 Å². The zero-order valence-corrected chi connectivity index (χ0v) is 17.8. The monoisotopic (exact) mass is 435 g/mol. The SMILES string of the molecule is CC(C)c1nnc2n1[C@@H]1CCN(C(=O)C[C@H](N)Cc3cc(F)c(F)cc3F)C[C@@H]1CC2. The Hall–Kier alpha value is -2.42. The van der Waals surface area contributed by atoms with E-state index in [4.69, 9.17) is 5.73 Å². The van der Waals surface area contributed by atoms with Gasteiger partial charge in [0.05, 0.1) is 0 Å². The van der Waals surface area contributed by atoms with E-state index in [1.807, 2.05) is 4.90 Å². The number of likely N-dealkylation sites (tertiary alicyclic amines) is 1. The first kappa shape index (κ1) is 21.8. The smallest absolute Gasteiger partial charge is 0.224 e. The van der Waals surface area contributed by atoms with Crippen molar-refractivity contribution >= 4 is 5.91 Å². The van der Waals surface area contributed by atoms with Gasteiger partial charge in [0.2, 0.25) is 5.91 Å². The van der Waals surface area contributed by atoms with Crippen LogP contribution < -0.4 is 5.73 Å². The lowest BCUT2D eigenvalue weighted by atomic mass is 9.84. The number of carbonyl (C=O) groups excluding carboxylic acids is 1. The largest absolute Gasteiger partial charge is 0.342 e. The Kier molecular flexibility index (Phi) is 6.05. The van der Waals surface area contributed by atoms with Crippen LogP contribution in [0.1, 0.15) is 62.3 Å². The summed E-state index contributed by atoms with van der Waals surface area (Å²) in [6, 6.07) is 0.946. The number of nitrogens with two attached hydrogens (primary N) is 1. The number of halogens is 3. The summed E-state index contributed by atoms with van der Waals surface area (Å²) in [7, 11) is 0. The molecule has 2 aromatic rings. The summed E-state index contributed by atoms with van der Waals surface area (Å²) in [6.07, 6.45) is 2.63. The highest BCUT2D eigenvalue weighted by Gasteiger charge is 2.38. The van der Waals surface area contributed by atoms with Gasteiger partial charge in [0, 0.05) is 50.0 Å². The molecule has 3 atom stereocenters. The molecule has 1 amide bonds. The molecule has 6 nitrogen and oxygen atoms in total. The zero-order chi connectivity index (χ0) is 22.3. The molecule has 2 aliphatic heterocycles. The number of hydrogen-bond donors (Lipinski definition) is 1. The number of amides is 1. The van der Waals surface area contributed by atoms with Crippen molar-refractivity contribution in [3.8, 4) is 0 Å². The number of hydrogen-bond acceptors (Lipinski definition) is 4. The van der Waals surface area contributed by atoms with Gasteiger partial charge in [0.15, 0.2) is 11.6 Å². The van der Waals surface area contributed by atoms with Gasteiger partial charge in [-0.1, -0.05) is 13.8 Å². The summed E-state index contributed by atoms with van der Waals surface area (Å²) in [5.74, 6) is -0.655. The Morgan fingerprint density at radius 1 is 1.16 bits per heavy atom. The molecule has 0 unspecified atom stereocenters. The van der Waals surface area contributed by atoms with Gasteiger partial charge in [-0.25, -0.2) is 13.2 Å². The molecule has 4 rings (SSSR count). The van der Waals surface area contributed by atoms with Crippen molar-refractivity contribution in [2.45, 2.75) is 64.0 Å². The number of piperidine rings is 1. The predicted octanol–water partition coefficient (Wildman–Crippen LogP) is 3.11. The lowest BCUT2D eigenvalue weighted by Gasteiger charge is -2.42. The quantitative estimate of drug-likeness (QED) is 0.733. The molecule has 0 radical (unpaired) electrons. The third-order valence-corrected chi connectivity index (χ3v) is 6.43. The second-order valence-corrected chi connectivity index (χ2v) is 9.02. The Morgan fingerprint density at radius 2 is 1.90 bits per heavy atom. The molecule has 31 heavy (non-hydrogen) atoms. The fraction of sp³-hybridized carbons (Fsp3) is 0.591. The van der Waals surface area contributed by atoms with Crippen molar-refractivity contribution in [1.82, 2.24) is 19.7 Å². The molecule has 0 saturated carbocycles. The maximum atomic E-state index is 13.9.